The molecule has 0 spiro atoms. The van der Waals surface area contributed by atoms with E-state index in [2.05, 4.69) is 39.7 Å². The first-order valence-electron chi connectivity index (χ1n) is 5.00. The summed E-state index contributed by atoms with van der Waals surface area (Å²) in [6.45, 7) is 4.96. The Bertz CT molecular complexity index is 352. The Morgan fingerprint density at radius 2 is 2.06 bits per heavy atom. The molecule has 0 fully saturated rings. The Kier molecular flexibility index (Phi) is 4.67. The highest BCUT2D eigenvalue weighted by molar-refractivity contribution is 9.10. The molecule has 0 atom stereocenters. The lowest BCUT2D eigenvalue weighted by atomic mass is 10.2. The molecule has 0 saturated heterocycles. The minimum atomic E-state index is -0.382. The van der Waals surface area contributed by atoms with Crippen molar-refractivity contribution in [2.45, 2.75) is 13.8 Å². The molecular formula is C10H15BrN4O. The quantitative estimate of drug-likeness (QED) is 0.883. The summed E-state index contributed by atoms with van der Waals surface area (Å²) >= 11 is 3.26. The first kappa shape index (κ1) is 12.9. The lowest BCUT2D eigenvalue weighted by Crippen LogP contribution is -2.37. The van der Waals surface area contributed by atoms with Crippen molar-refractivity contribution in [3.8, 4) is 0 Å². The lowest BCUT2D eigenvalue weighted by Gasteiger charge is -2.22. The fourth-order valence-electron chi connectivity index (χ4n) is 1.31. The Hall–Kier alpha value is -1.17. The van der Waals surface area contributed by atoms with Crippen molar-refractivity contribution >= 4 is 27.8 Å². The van der Waals surface area contributed by atoms with E-state index in [4.69, 9.17) is 5.73 Å². The van der Waals surface area contributed by atoms with Gasteiger partial charge in [-0.2, -0.15) is 0 Å². The molecule has 6 heteroatoms. The van der Waals surface area contributed by atoms with Crippen LogP contribution >= 0.6 is 15.9 Å². The summed E-state index contributed by atoms with van der Waals surface area (Å²) in [5.74, 6) is 0.550. The number of hydrogen-bond donors (Lipinski definition) is 1. The first-order chi connectivity index (χ1) is 7.49. The van der Waals surface area contributed by atoms with Crippen molar-refractivity contribution in [2.24, 2.45) is 11.7 Å². The van der Waals surface area contributed by atoms with Gasteiger partial charge in [-0.3, -0.25) is 4.79 Å². The zero-order valence-corrected chi connectivity index (χ0v) is 10.9. The highest BCUT2D eigenvalue weighted by Crippen LogP contribution is 2.12. The zero-order valence-electron chi connectivity index (χ0n) is 9.35. The van der Waals surface area contributed by atoms with Crippen molar-refractivity contribution in [3.05, 3.63) is 16.9 Å². The van der Waals surface area contributed by atoms with Crippen molar-refractivity contribution in [2.75, 3.05) is 18.0 Å². The van der Waals surface area contributed by atoms with Crippen LogP contribution in [-0.2, 0) is 4.79 Å². The maximum absolute atomic E-state index is 10.9. The van der Waals surface area contributed by atoms with Crippen LogP contribution in [0, 0.1) is 5.92 Å². The molecule has 0 aliphatic rings. The van der Waals surface area contributed by atoms with Gasteiger partial charge in [0.15, 0.2) is 0 Å². The van der Waals surface area contributed by atoms with Crippen molar-refractivity contribution in [1.82, 2.24) is 9.97 Å². The van der Waals surface area contributed by atoms with Crippen LogP contribution < -0.4 is 10.6 Å². The number of carbonyl (C=O) groups is 1. The molecule has 1 heterocycles. The molecule has 16 heavy (non-hydrogen) atoms. The van der Waals surface area contributed by atoms with E-state index in [1.807, 2.05) is 0 Å². The predicted molar refractivity (Wildman–Crippen MR) is 66.0 cm³/mol. The van der Waals surface area contributed by atoms with E-state index in [1.165, 1.54) is 0 Å². The molecule has 0 unspecified atom stereocenters. The second-order valence-electron chi connectivity index (χ2n) is 3.94. The van der Waals surface area contributed by atoms with Gasteiger partial charge in [-0.05, 0) is 21.8 Å². The van der Waals surface area contributed by atoms with Crippen molar-refractivity contribution in [1.29, 1.82) is 0 Å². The largest absolute Gasteiger partial charge is 0.368 e. The van der Waals surface area contributed by atoms with Crippen LogP contribution in [0.2, 0.25) is 0 Å². The Labute approximate surface area is 103 Å². The van der Waals surface area contributed by atoms with Gasteiger partial charge in [0.05, 0.1) is 11.0 Å². The molecule has 2 N–H and O–H groups in total. The Balaban J connectivity index is 2.82. The van der Waals surface area contributed by atoms with E-state index in [0.29, 0.717) is 18.4 Å². The fourth-order valence-corrected chi connectivity index (χ4v) is 1.52. The van der Waals surface area contributed by atoms with Crippen LogP contribution in [0.4, 0.5) is 5.95 Å². The van der Waals surface area contributed by atoms with Gasteiger partial charge in [-0.1, -0.05) is 13.8 Å². The van der Waals surface area contributed by atoms with Crippen LogP contribution in [0.3, 0.4) is 0 Å². The second-order valence-corrected chi connectivity index (χ2v) is 4.86. The van der Waals surface area contributed by atoms with E-state index < -0.39 is 0 Å². The molecule has 0 radical (unpaired) electrons. The Morgan fingerprint density at radius 1 is 1.50 bits per heavy atom. The van der Waals surface area contributed by atoms with Gasteiger partial charge in [0, 0.05) is 18.9 Å². The monoisotopic (exact) mass is 286 g/mol. The number of nitrogens with zero attached hydrogens (tertiary/aromatic N) is 3. The zero-order chi connectivity index (χ0) is 12.1. The van der Waals surface area contributed by atoms with Crippen LogP contribution in [0.1, 0.15) is 13.8 Å². The summed E-state index contributed by atoms with van der Waals surface area (Å²) in [5.41, 5.74) is 5.19. The third-order valence-corrected chi connectivity index (χ3v) is 2.23. The molecule has 88 valence electrons. The number of primary amides is 1. The SMILES string of the molecule is CC(C)CN(CC(N)=O)c1ncc(Br)cn1. The molecule has 0 bridgehead atoms. The smallest absolute Gasteiger partial charge is 0.237 e. The topological polar surface area (TPSA) is 72.1 Å². The molecular weight excluding hydrogens is 272 g/mol. The van der Waals surface area contributed by atoms with E-state index in [9.17, 15) is 4.79 Å². The summed E-state index contributed by atoms with van der Waals surface area (Å²) in [7, 11) is 0. The molecule has 1 aromatic rings. The van der Waals surface area contributed by atoms with Gasteiger partial charge in [-0.25, -0.2) is 9.97 Å². The lowest BCUT2D eigenvalue weighted by molar-refractivity contribution is -0.116. The first-order valence-corrected chi connectivity index (χ1v) is 5.79. The number of hydrogen-bond acceptors (Lipinski definition) is 4. The van der Waals surface area contributed by atoms with Gasteiger partial charge in [0.2, 0.25) is 11.9 Å². The number of nitrogens with two attached hydrogens (primary N) is 1. The van der Waals surface area contributed by atoms with Crippen LogP contribution in [0.5, 0.6) is 0 Å². The molecule has 0 aromatic carbocycles. The summed E-state index contributed by atoms with van der Waals surface area (Å²) in [6.07, 6.45) is 3.30. The third kappa shape index (κ3) is 4.14. The maximum Gasteiger partial charge on any atom is 0.237 e. The predicted octanol–water partition coefficient (Wildman–Crippen LogP) is 1.19. The standard InChI is InChI=1S/C10H15BrN4O/c1-7(2)5-15(6-9(12)16)10-13-3-8(11)4-14-10/h3-4,7H,5-6H2,1-2H3,(H2,12,16). The molecule has 1 rings (SSSR count). The van der Waals surface area contributed by atoms with Crippen LogP contribution in [0.15, 0.2) is 16.9 Å². The number of carbonyl (C=O) groups excluding carboxylic acids is 1. The number of halogens is 1. The van der Waals surface area contributed by atoms with E-state index in [0.717, 1.165) is 4.47 Å². The van der Waals surface area contributed by atoms with Crippen molar-refractivity contribution < 1.29 is 4.79 Å². The highest BCUT2D eigenvalue weighted by atomic mass is 79.9. The number of anilines is 1. The Morgan fingerprint density at radius 3 is 2.50 bits per heavy atom. The van der Waals surface area contributed by atoms with E-state index >= 15 is 0 Å². The number of aromatic nitrogens is 2. The van der Waals surface area contributed by atoms with E-state index in [1.54, 1.807) is 17.3 Å². The van der Waals surface area contributed by atoms with Gasteiger partial charge in [0.1, 0.15) is 0 Å². The molecule has 0 aliphatic heterocycles. The minimum Gasteiger partial charge on any atom is -0.368 e. The molecule has 1 aromatic heterocycles. The van der Waals surface area contributed by atoms with Crippen LogP contribution in [-0.4, -0.2) is 29.0 Å². The average Bonchev–Trinajstić information content (AvgIpc) is 2.16. The normalized spacial score (nSPS) is 10.5. The molecule has 5 nitrogen and oxygen atoms in total. The van der Waals surface area contributed by atoms with Gasteiger partial charge >= 0.3 is 0 Å². The molecule has 0 aliphatic carbocycles. The minimum absolute atomic E-state index is 0.139. The summed E-state index contributed by atoms with van der Waals surface area (Å²) in [6, 6.07) is 0. The van der Waals surface area contributed by atoms with E-state index in [-0.39, 0.29) is 12.5 Å². The fraction of sp³-hybridized carbons (Fsp3) is 0.500. The molecule has 1 amide bonds. The van der Waals surface area contributed by atoms with Gasteiger partial charge < -0.3 is 10.6 Å². The van der Waals surface area contributed by atoms with Crippen molar-refractivity contribution in [3.63, 3.8) is 0 Å². The number of amides is 1. The molecule has 0 saturated carbocycles. The van der Waals surface area contributed by atoms with Gasteiger partial charge in [0.25, 0.3) is 0 Å². The highest BCUT2D eigenvalue weighted by Gasteiger charge is 2.13. The summed E-state index contributed by atoms with van der Waals surface area (Å²) in [5, 5.41) is 0. The second kappa shape index (κ2) is 5.79. The van der Waals surface area contributed by atoms with Gasteiger partial charge in [-0.15, -0.1) is 0 Å². The third-order valence-electron chi connectivity index (χ3n) is 1.82. The summed E-state index contributed by atoms with van der Waals surface area (Å²) in [4.78, 5) is 21.0. The van der Waals surface area contributed by atoms with Crippen LogP contribution in [0.25, 0.3) is 0 Å². The maximum atomic E-state index is 10.9. The average molecular weight is 287 g/mol. The summed E-state index contributed by atoms with van der Waals surface area (Å²) < 4.78 is 0.805. The number of rotatable bonds is 5.